The molecular formula is C14H20N2O3S. The zero-order chi connectivity index (χ0) is 14.0. The number of nitrogens with zero attached hydrogens (tertiary/aromatic N) is 1. The van der Waals surface area contributed by atoms with E-state index >= 15 is 0 Å². The molecule has 2 aliphatic rings. The molecule has 2 fully saturated rings. The van der Waals surface area contributed by atoms with Crippen molar-refractivity contribution in [2.45, 2.75) is 50.9 Å². The topological polar surface area (TPSA) is 60.5 Å². The van der Waals surface area contributed by atoms with Gasteiger partial charge in [0, 0.05) is 5.54 Å². The first-order valence-corrected chi connectivity index (χ1v) is 8.05. The smallest absolute Gasteiger partial charge is 0.263 e. The number of ether oxygens (including phenoxy) is 2. The third-order valence-corrected chi connectivity index (χ3v) is 5.20. The van der Waals surface area contributed by atoms with Crippen LogP contribution < -0.4 is 5.32 Å². The second-order valence-corrected chi connectivity index (χ2v) is 6.49. The van der Waals surface area contributed by atoms with Crippen molar-refractivity contribution in [1.29, 1.82) is 0 Å². The highest BCUT2D eigenvalue weighted by molar-refractivity contribution is 7.13. The van der Waals surface area contributed by atoms with E-state index < -0.39 is 6.29 Å². The van der Waals surface area contributed by atoms with Gasteiger partial charge in [0.1, 0.15) is 9.88 Å². The van der Waals surface area contributed by atoms with Crippen molar-refractivity contribution in [3.63, 3.8) is 0 Å². The molecule has 1 aromatic rings. The lowest BCUT2D eigenvalue weighted by Gasteiger charge is -2.28. The fourth-order valence-electron chi connectivity index (χ4n) is 2.92. The van der Waals surface area contributed by atoms with Gasteiger partial charge >= 0.3 is 0 Å². The molecule has 0 bridgehead atoms. The maximum atomic E-state index is 12.4. The summed E-state index contributed by atoms with van der Waals surface area (Å²) in [7, 11) is 0. The van der Waals surface area contributed by atoms with Crippen molar-refractivity contribution in [1.82, 2.24) is 10.3 Å². The number of thiazole rings is 1. The minimum absolute atomic E-state index is 0.0123. The Morgan fingerprint density at radius 2 is 2.15 bits per heavy atom. The van der Waals surface area contributed by atoms with Crippen LogP contribution in [0.2, 0.25) is 0 Å². The molecule has 5 nitrogen and oxygen atoms in total. The monoisotopic (exact) mass is 296 g/mol. The fourth-order valence-corrected chi connectivity index (χ4v) is 3.74. The molecule has 0 unspecified atom stereocenters. The molecule has 6 heteroatoms. The van der Waals surface area contributed by atoms with E-state index in [1.165, 1.54) is 24.2 Å². The average molecular weight is 296 g/mol. The Labute approximate surface area is 122 Å². The molecule has 20 heavy (non-hydrogen) atoms. The Morgan fingerprint density at radius 3 is 2.80 bits per heavy atom. The van der Waals surface area contributed by atoms with Crippen LogP contribution in [-0.2, 0) is 9.47 Å². The summed E-state index contributed by atoms with van der Waals surface area (Å²) < 4.78 is 10.8. The van der Waals surface area contributed by atoms with Crippen LogP contribution in [0, 0.1) is 0 Å². The number of nitrogens with one attached hydrogen (secondary N) is 1. The first-order chi connectivity index (χ1) is 9.72. The van der Waals surface area contributed by atoms with E-state index in [2.05, 4.69) is 17.2 Å². The second-order valence-electron chi connectivity index (χ2n) is 5.43. The van der Waals surface area contributed by atoms with Crippen LogP contribution in [0.5, 0.6) is 0 Å². The third-order valence-electron chi connectivity index (χ3n) is 4.19. The predicted molar refractivity (Wildman–Crippen MR) is 75.7 cm³/mol. The summed E-state index contributed by atoms with van der Waals surface area (Å²) in [5.41, 5.74) is -0.0123. The van der Waals surface area contributed by atoms with Crippen LogP contribution in [-0.4, -0.2) is 29.6 Å². The van der Waals surface area contributed by atoms with Gasteiger partial charge in [-0.15, -0.1) is 11.3 Å². The van der Waals surface area contributed by atoms with E-state index in [9.17, 15) is 4.79 Å². The minimum Gasteiger partial charge on any atom is -0.346 e. The van der Waals surface area contributed by atoms with E-state index in [0.717, 1.165) is 24.3 Å². The molecule has 1 saturated carbocycles. The van der Waals surface area contributed by atoms with Gasteiger partial charge in [0.15, 0.2) is 0 Å². The van der Waals surface area contributed by atoms with Gasteiger partial charge in [0.25, 0.3) is 5.91 Å². The quantitative estimate of drug-likeness (QED) is 0.928. The van der Waals surface area contributed by atoms with Crippen LogP contribution in [0.4, 0.5) is 0 Å². The summed E-state index contributed by atoms with van der Waals surface area (Å²) in [4.78, 5) is 17.3. The maximum absolute atomic E-state index is 12.4. The van der Waals surface area contributed by atoms with Crippen molar-refractivity contribution >= 4 is 17.2 Å². The van der Waals surface area contributed by atoms with Gasteiger partial charge in [0.2, 0.25) is 6.29 Å². The van der Waals surface area contributed by atoms with Crippen LogP contribution in [0.15, 0.2) is 6.20 Å². The molecule has 0 spiro atoms. The molecule has 0 radical (unpaired) electrons. The first-order valence-electron chi connectivity index (χ1n) is 7.24. The zero-order valence-electron chi connectivity index (χ0n) is 11.7. The molecular weight excluding hydrogens is 276 g/mol. The minimum atomic E-state index is -0.395. The van der Waals surface area contributed by atoms with Crippen LogP contribution in [0.3, 0.4) is 0 Å². The number of carbonyl (C=O) groups is 1. The van der Waals surface area contributed by atoms with E-state index in [4.69, 9.17) is 9.47 Å². The molecule has 3 rings (SSSR count). The van der Waals surface area contributed by atoms with Gasteiger partial charge in [-0.2, -0.15) is 0 Å². The van der Waals surface area contributed by atoms with E-state index in [1.807, 2.05) is 0 Å². The van der Waals surface area contributed by atoms with Gasteiger partial charge in [-0.05, 0) is 19.3 Å². The molecule has 1 amide bonds. The Bertz CT molecular complexity index is 477. The van der Waals surface area contributed by atoms with Crippen molar-refractivity contribution in [3.05, 3.63) is 16.1 Å². The fraction of sp³-hybridized carbons (Fsp3) is 0.714. The largest absolute Gasteiger partial charge is 0.346 e. The number of hydrogen-bond donors (Lipinski definition) is 1. The number of amides is 1. The molecule has 110 valence electrons. The molecule has 1 aromatic heterocycles. The maximum Gasteiger partial charge on any atom is 0.263 e. The molecule has 0 aromatic carbocycles. The van der Waals surface area contributed by atoms with Crippen LogP contribution in [0.1, 0.15) is 60.0 Å². The molecule has 1 saturated heterocycles. The third kappa shape index (κ3) is 2.73. The average Bonchev–Trinajstić information content (AvgIpc) is 3.19. The molecule has 1 aliphatic carbocycles. The Morgan fingerprint density at radius 1 is 1.45 bits per heavy atom. The van der Waals surface area contributed by atoms with Gasteiger partial charge in [0.05, 0.1) is 19.4 Å². The van der Waals surface area contributed by atoms with Crippen LogP contribution >= 0.6 is 11.3 Å². The Kier molecular flexibility index (Phi) is 4.05. The highest BCUT2D eigenvalue weighted by atomic mass is 32.1. The summed E-state index contributed by atoms with van der Waals surface area (Å²) in [6, 6.07) is 0. The SMILES string of the molecule is CCC1(NC(=O)c2cnc(C3OCCO3)s2)CCCC1. The summed E-state index contributed by atoms with van der Waals surface area (Å²) in [5.74, 6) is -0.0181. The lowest BCUT2D eigenvalue weighted by Crippen LogP contribution is -2.45. The summed E-state index contributed by atoms with van der Waals surface area (Å²) in [6.45, 7) is 3.32. The van der Waals surface area contributed by atoms with Crippen LogP contribution in [0.25, 0.3) is 0 Å². The highest BCUT2D eigenvalue weighted by Crippen LogP contribution is 2.33. The lowest BCUT2D eigenvalue weighted by atomic mass is 9.94. The van der Waals surface area contributed by atoms with Gasteiger partial charge in [-0.3, -0.25) is 4.79 Å². The number of aromatic nitrogens is 1. The van der Waals surface area contributed by atoms with Crippen molar-refractivity contribution in [3.8, 4) is 0 Å². The van der Waals surface area contributed by atoms with Gasteiger partial charge in [-0.25, -0.2) is 4.98 Å². The number of carbonyl (C=O) groups excluding carboxylic acids is 1. The predicted octanol–water partition coefficient (Wildman–Crippen LogP) is 2.64. The van der Waals surface area contributed by atoms with Crippen molar-refractivity contribution < 1.29 is 14.3 Å². The number of rotatable bonds is 4. The molecule has 2 heterocycles. The summed E-state index contributed by atoms with van der Waals surface area (Å²) >= 11 is 1.36. The second kappa shape index (κ2) is 5.79. The normalized spacial score (nSPS) is 22.2. The van der Waals surface area contributed by atoms with E-state index in [-0.39, 0.29) is 11.4 Å². The van der Waals surface area contributed by atoms with E-state index in [0.29, 0.717) is 18.1 Å². The van der Waals surface area contributed by atoms with E-state index in [1.54, 1.807) is 6.20 Å². The zero-order valence-corrected chi connectivity index (χ0v) is 12.5. The Hall–Kier alpha value is -0.980. The summed E-state index contributed by atoms with van der Waals surface area (Å²) in [5, 5.41) is 3.94. The summed E-state index contributed by atoms with van der Waals surface area (Å²) in [6.07, 6.45) is 6.77. The highest BCUT2D eigenvalue weighted by Gasteiger charge is 2.34. The van der Waals surface area contributed by atoms with Crippen molar-refractivity contribution in [2.24, 2.45) is 0 Å². The molecule has 0 atom stereocenters. The number of hydrogen-bond acceptors (Lipinski definition) is 5. The standard InChI is InChI=1S/C14H20N2O3S/c1-2-14(5-3-4-6-14)16-11(17)10-9-15-12(20-10)13-18-7-8-19-13/h9,13H,2-8H2,1H3,(H,16,17). The molecule has 1 N–H and O–H groups in total. The molecule has 1 aliphatic heterocycles. The first kappa shape index (κ1) is 14.0. The van der Waals surface area contributed by atoms with Gasteiger partial charge in [-0.1, -0.05) is 19.8 Å². The lowest BCUT2D eigenvalue weighted by molar-refractivity contribution is -0.0442. The Balaban J connectivity index is 1.67. The van der Waals surface area contributed by atoms with Gasteiger partial charge < -0.3 is 14.8 Å². The van der Waals surface area contributed by atoms with Crippen molar-refractivity contribution in [2.75, 3.05) is 13.2 Å².